The van der Waals surface area contributed by atoms with Crippen molar-refractivity contribution >= 4 is 34.9 Å². The number of anilines is 1. The molecule has 7 heteroatoms. The number of aromatic carboxylic acids is 1. The van der Waals surface area contributed by atoms with Crippen LogP contribution in [-0.4, -0.2) is 22.1 Å². The van der Waals surface area contributed by atoms with Gasteiger partial charge in [-0.3, -0.25) is 4.79 Å². The van der Waals surface area contributed by atoms with E-state index in [-0.39, 0.29) is 22.7 Å². The summed E-state index contributed by atoms with van der Waals surface area (Å²) in [6.45, 7) is 1.91. The summed E-state index contributed by atoms with van der Waals surface area (Å²) in [6, 6.07) is 8.59. The first kappa shape index (κ1) is 19.1. The number of hydrogen-bond acceptors (Lipinski definition) is 4. The largest absolute Gasteiger partial charge is 0.475 e. The Morgan fingerprint density at radius 1 is 1.15 bits per heavy atom. The second kappa shape index (κ2) is 8.35. The number of carboxylic acid groups (broad SMARTS) is 1. The van der Waals surface area contributed by atoms with Crippen molar-refractivity contribution in [3.8, 4) is 11.3 Å². The summed E-state index contributed by atoms with van der Waals surface area (Å²) in [5, 5.41) is 15.1. The van der Waals surface area contributed by atoms with Gasteiger partial charge in [0.25, 0.3) is 0 Å². The molecule has 1 aromatic heterocycles. The summed E-state index contributed by atoms with van der Waals surface area (Å²) in [7, 11) is 0. The average molecular weight is 386 g/mol. The Kier molecular flexibility index (Phi) is 5.91. The van der Waals surface area contributed by atoms with Crippen LogP contribution in [0.15, 0.2) is 34.7 Å². The third-order valence-corrected chi connectivity index (χ3v) is 4.99. The van der Waals surface area contributed by atoms with Crippen molar-refractivity contribution in [3.05, 3.63) is 41.7 Å². The van der Waals surface area contributed by atoms with Gasteiger partial charge in [-0.15, -0.1) is 0 Å². The molecule has 1 amide bonds. The number of aryl methyl sites for hydroxylation is 1. The van der Waals surface area contributed by atoms with Crippen LogP contribution in [0.5, 0.6) is 0 Å². The van der Waals surface area contributed by atoms with Gasteiger partial charge in [0.05, 0.1) is 0 Å². The maximum absolute atomic E-state index is 12.3. The number of amides is 1. The molecule has 3 N–H and O–H groups in total. The third kappa shape index (κ3) is 4.74. The van der Waals surface area contributed by atoms with Crippen LogP contribution in [0.25, 0.3) is 11.3 Å². The predicted octanol–water partition coefficient (Wildman–Crippen LogP) is 4.35. The maximum Gasteiger partial charge on any atom is 0.371 e. The van der Waals surface area contributed by atoms with Crippen LogP contribution in [0.1, 0.15) is 48.2 Å². The van der Waals surface area contributed by atoms with Crippen molar-refractivity contribution in [1.29, 1.82) is 0 Å². The molecule has 0 atom stereocenters. The number of carbonyl (C=O) groups excluding carboxylic acids is 1. The molecular formula is C20H22N2O4S. The Morgan fingerprint density at radius 2 is 1.89 bits per heavy atom. The minimum Gasteiger partial charge on any atom is -0.475 e. The SMILES string of the molecule is Cc1ccc(NC(=S)NC(=O)C2CCCCC2)cc1-c1ccc(C(=O)O)o1. The Bertz CT molecular complexity index is 869. The van der Waals surface area contributed by atoms with Crippen LogP contribution in [0.3, 0.4) is 0 Å². The molecule has 0 bridgehead atoms. The van der Waals surface area contributed by atoms with Crippen molar-refractivity contribution in [2.75, 3.05) is 5.32 Å². The predicted molar refractivity (Wildman–Crippen MR) is 107 cm³/mol. The van der Waals surface area contributed by atoms with E-state index in [2.05, 4.69) is 10.6 Å². The van der Waals surface area contributed by atoms with Crippen molar-refractivity contribution in [2.45, 2.75) is 39.0 Å². The smallest absolute Gasteiger partial charge is 0.371 e. The molecule has 1 heterocycles. The number of nitrogens with one attached hydrogen (secondary N) is 2. The molecular weight excluding hydrogens is 364 g/mol. The number of furan rings is 1. The molecule has 0 unspecified atom stereocenters. The molecule has 142 valence electrons. The molecule has 2 aromatic rings. The highest BCUT2D eigenvalue weighted by Crippen LogP contribution is 2.28. The molecule has 27 heavy (non-hydrogen) atoms. The summed E-state index contributed by atoms with van der Waals surface area (Å²) < 4.78 is 5.39. The zero-order chi connectivity index (χ0) is 19.4. The highest BCUT2D eigenvalue weighted by atomic mass is 32.1. The zero-order valence-electron chi connectivity index (χ0n) is 15.1. The van der Waals surface area contributed by atoms with Gasteiger partial charge in [0, 0.05) is 17.2 Å². The van der Waals surface area contributed by atoms with E-state index in [0.717, 1.165) is 36.8 Å². The Balaban J connectivity index is 1.68. The van der Waals surface area contributed by atoms with Gasteiger partial charge in [0.2, 0.25) is 11.7 Å². The van der Waals surface area contributed by atoms with E-state index in [4.69, 9.17) is 21.7 Å². The lowest BCUT2D eigenvalue weighted by Crippen LogP contribution is -2.39. The minimum absolute atomic E-state index is 0.0309. The molecule has 1 fully saturated rings. The van der Waals surface area contributed by atoms with E-state index in [1.165, 1.54) is 12.5 Å². The highest BCUT2D eigenvalue weighted by Gasteiger charge is 2.21. The van der Waals surface area contributed by atoms with E-state index < -0.39 is 5.97 Å². The fourth-order valence-corrected chi connectivity index (χ4v) is 3.52. The minimum atomic E-state index is -1.11. The third-order valence-electron chi connectivity index (χ3n) is 4.79. The van der Waals surface area contributed by atoms with E-state index in [1.807, 2.05) is 25.1 Å². The zero-order valence-corrected chi connectivity index (χ0v) is 15.9. The monoisotopic (exact) mass is 386 g/mol. The van der Waals surface area contributed by atoms with E-state index in [1.54, 1.807) is 6.07 Å². The van der Waals surface area contributed by atoms with E-state index in [0.29, 0.717) is 11.4 Å². The van der Waals surface area contributed by atoms with Crippen LogP contribution in [0.4, 0.5) is 5.69 Å². The van der Waals surface area contributed by atoms with Gasteiger partial charge >= 0.3 is 5.97 Å². The molecule has 0 aliphatic heterocycles. The molecule has 0 radical (unpaired) electrons. The molecule has 1 aromatic carbocycles. The normalized spacial score (nSPS) is 14.6. The summed E-state index contributed by atoms with van der Waals surface area (Å²) >= 11 is 5.27. The second-order valence-electron chi connectivity index (χ2n) is 6.78. The first-order valence-corrected chi connectivity index (χ1v) is 9.41. The molecule has 6 nitrogen and oxygen atoms in total. The van der Waals surface area contributed by atoms with Crippen molar-refractivity contribution in [2.24, 2.45) is 5.92 Å². The molecule has 1 aliphatic rings. The summed E-state index contributed by atoms with van der Waals surface area (Å²) in [4.78, 5) is 23.3. The average Bonchev–Trinajstić information content (AvgIpc) is 3.14. The van der Waals surface area contributed by atoms with Gasteiger partial charge in [-0.25, -0.2) is 4.79 Å². The summed E-state index contributed by atoms with van der Waals surface area (Å²) in [5.41, 5.74) is 2.38. The highest BCUT2D eigenvalue weighted by molar-refractivity contribution is 7.80. The van der Waals surface area contributed by atoms with Crippen molar-refractivity contribution < 1.29 is 19.1 Å². The van der Waals surface area contributed by atoms with Gasteiger partial charge in [-0.2, -0.15) is 0 Å². The van der Waals surface area contributed by atoms with Crippen molar-refractivity contribution in [3.63, 3.8) is 0 Å². The fraction of sp³-hybridized carbons (Fsp3) is 0.350. The number of thiocarbonyl (C=S) groups is 1. The van der Waals surface area contributed by atoms with Gasteiger partial charge < -0.3 is 20.2 Å². The standard InChI is InChI=1S/C20H22N2O4S/c1-12-7-8-14(11-15(12)16-9-10-17(26-16)19(24)25)21-20(27)22-18(23)13-5-3-2-4-6-13/h7-11,13H,2-6H2,1H3,(H,24,25)(H2,21,22,23,27). The topological polar surface area (TPSA) is 91.6 Å². The molecule has 0 saturated heterocycles. The van der Waals surface area contributed by atoms with Crippen LogP contribution in [-0.2, 0) is 4.79 Å². The Morgan fingerprint density at radius 3 is 2.56 bits per heavy atom. The second-order valence-corrected chi connectivity index (χ2v) is 7.19. The summed E-state index contributed by atoms with van der Waals surface area (Å²) in [6.07, 6.45) is 5.18. The van der Waals surface area contributed by atoms with E-state index in [9.17, 15) is 9.59 Å². The number of carbonyl (C=O) groups is 2. The molecule has 1 saturated carbocycles. The molecule has 1 aliphatic carbocycles. The van der Waals surface area contributed by atoms with Crippen LogP contribution >= 0.6 is 12.2 Å². The Hall–Kier alpha value is -2.67. The first-order chi connectivity index (χ1) is 12.9. The van der Waals surface area contributed by atoms with Gasteiger partial charge in [-0.05, 0) is 61.8 Å². The quantitative estimate of drug-likeness (QED) is 0.677. The van der Waals surface area contributed by atoms with Crippen LogP contribution < -0.4 is 10.6 Å². The maximum atomic E-state index is 12.3. The first-order valence-electron chi connectivity index (χ1n) is 9.00. The van der Waals surface area contributed by atoms with Gasteiger partial charge in [0.1, 0.15) is 5.76 Å². The number of benzene rings is 1. The lowest BCUT2D eigenvalue weighted by molar-refractivity contribution is -0.124. The van der Waals surface area contributed by atoms with Crippen LogP contribution in [0.2, 0.25) is 0 Å². The molecule has 3 rings (SSSR count). The number of carboxylic acids is 1. The van der Waals surface area contributed by atoms with Crippen LogP contribution in [0, 0.1) is 12.8 Å². The van der Waals surface area contributed by atoms with E-state index >= 15 is 0 Å². The number of hydrogen-bond donors (Lipinski definition) is 3. The van der Waals surface area contributed by atoms with Crippen molar-refractivity contribution in [1.82, 2.24) is 5.32 Å². The molecule has 0 spiro atoms. The fourth-order valence-electron chi connectivity index (χ4n) is 3.30. The Labute approximate surface area is 163 Å². The summed E-state index contributed by atoms with van der Waals surface area (Å²) in [5.74, 6) is -0.759. The van der Waals surface area contributed by atoms with Gasteiger partial charge in [0.15, 0.2) is 5.11 Å². The number of rotatable bonds is 4. The lowest BCUT2D eigenvalue weighted by atomic mass is 9.89. The lowest BCUT2D eigenvalue weighted by Gasteiger charge is -2.21. The van der Waals surface area contributed by atoms with Gasteiger partial charge in [-0.1, -0.05) is 25.3 Å².